The molecule has 1 unspecified atom stereocenters. The first-order chi connectivity index (χ1) is 26.0. The number of ether oxygens (including phenoxy) is 2. The number of rotatable bonds is 10. The van der Waals surface area contributed by atoms with Crippen molar-refractivity contribution in [3.05, 3.63) is 60.2 Å². The second-order valence-electron chi connectivity index (χ2n) is 24.2. The average Bonchev–Trinajstić information content (AvgIpc) is 3.38. The maximum Gasteiger partial charge on any atom is 0.199 e. The maximum absolute atomic E-state index is 7.02. The van der Waals surface area contributed by atoms with Crippen molar-refractivity contribution in [2.45, 2.75) is 201 Å². The van der Waals surface area contributed by atoms with Crippen molar-refractivity contribution in [3.63, 3.8) is 0 Å². The molecule has 0 amide bonds. The van der Waals surface area contributed by atoms with Crippen molar-refractivity contribution in [1.82, 2.24) is 4.57 Å². The molecule has 3 nitrogen and oxygen atoms in total. The van der Waals surface area contributed by atoms with Gasteiger partial charge >= 0.3 is 0 Å². The lowest BCUT2D eigenvalue weighted by atomic mass is 9.72. The number of nitrogens with zero attached hydrogens (tertiary/aromatic N) is 1. The normalized spacial score (nSPS) is 17.1. The molecule has 6 heteroatoms. The summed E-state index contributed by atoms with van der Waals surface area (Å²) in [5.74, 6) is 0.916. The third-order valence-electron chi connectivity index (χ3n) is 14.7. The number of hydrogen-bond acceptors (Lipinski definition) is 2. The van der Waals surface area contributed by atoms with Crippen LogP contribution in [0.4, 0.5) is 0 Å². The number of benzene rings is 3. The molecule has 1 fully saturated rings. The summed E-state index contributed by atoms with van der Waals surface area (Å²) in [7, 11) is -1.62. The number of hydrogen-bond donors (Lipinski definition) is 0. The molecular formula is C51H82BNO2Si2. The van der Waals surface area contributed by atoms with Crippen LogP contribution < -0.4 is 15.1 Å². The Kier molecular flexibility index (Phi) is 12.6. The molecule has 2 heterocycles. The number of fused-ring (bicyclic) bond motifs is 3. The quantitative estimate of drug-likeness (QED) is 0.149. The fourth-order valence-electron chi connectivity index (χ4n) is 11.8. The zero-order valence-electron chi connectivity index (χ0n) is 40.2. The van der Waals surface area contributed by atoms with Crippen LogP contribution in [0.1, 0.15) is 169 Å². The van der Waals surface area contributed by atoms with Gasteiger partial charge in [0.25, 0.3) is 0 Å². The van der Waals surface area contributed by atoms with Gasteiger partial charge in [-0.2, -0.15) is 0 Å². The van der Waals surface area contributed by atoms with Gasteiger partial charge < -0.3 is 14.0 Å². The Morgan fingerprint density at radius 1 is 0.684 bits per heavy atom. The topological polar surface area (TPSA) is 23.4 Å². The molecule has 5 rings (SSSR count). The predicted octanol–water partition coefficient (Wildman–Crippen LogP) is 13.8. The molecule has 1 aliphatic rings. The standard InChI is InChI=1S/C51H82BNO2Si2/c1-19-20-31-56(47(5,6)7,48(8,9)10)37-25-27-39-40-28-26-38(57(52,49(11,12)13)50(14,15)16)34-42(40)53(41(39)33-37)43-32-36(51(17,18)35-46(2,3)4)24-29-44(43)55-45-23-21-22-30-54-45/h24-29,32-34,45H,19-23,30-31,35,52H2,1-18H3. The first-order valence-electron chi connectivity index (χ1n) is 22.5. The van der Waals surface area contributed by atoms with E-state index in [1.54, 1.807) is 5.19 Å². The Balaban J connectivity index is 1.99. The van der Waals surface area contributed by atoms with Crippen molar-refractivity contribution in [1.29, 1.82) is 0 Å². The van der Waals surface area contributed by atoms with E-state index in [0.717, 1.165) is 43.7 Å². The van der Waals surface area contributed by atoms with Gasteiger partial charge in [-0.25, -0.2) is 0 Å². The summed E-state index contributed by atoms with van der Waals surface area (Å²) in [6.45, 7) is 45.2. The van der Waals surface area contributed by atoms with Gasteiger partial charge in [0.05, 0.1) is 39.3 Å². The fourth-order valence-corrected chi connectivity index (χ4v) is 24.0. The van der Waals surface area contributed by atoms with Gasteiger partial charge in [-0.15, -0.1) is 0 Å². The number of unbranched alkanes of at least 4 members (excludes halogenated alkanes) is 1. The summed E-state index contributed by atoms with van der Waals surface area (Å²) in [6, 6.07) is 23.7. The van der Waals surface area contributed by atoms with Gasteiger partial charge in [0.2, 0.25) is 0 Å². The van der Waals surface area contributed by atoms with Crippen molar-refractivity contribution in [2.75, 3.05) is 6.61 Å². The minimum Gasteiger partial charge on any atom is -0.463 e. The van der Waals surface area contributed by atoms with Gasteiger partial charge in [-0.1, -0.05) is 184 Å². The van der Waals surface area contributed by atoms with E-state index < -0.39 is 16.0 Å². The van der Waals surface area contributed by atoms with Crippen molar-refractivity contribution < 1.29 is 9.47 Å². The van der Waals surface area contributed by atoms with Crippen LogP contribution in [0.5, 0.6) is 5.75 Å². The largest absolute Gasteiger partial charge is 0.463 e. The summed E-state index contributed by atoms with van der Waals surface area (Å²) in [5.41, 5.74) is 5.24. The molecule has 0 saturated carbocycles. The monoisotopic (exact) mass is 808 g/mol. The van der Waals surface area contributed by atoms with Crippen LogP contribution in [0.25, 0.3) is 27.5 Å². The van der Waals surface area contributed by atoms with Crippen LogP contribution in [0.3, 0.4) is 0 Å². The Labute approximate surface area is 352 Å². The summed E-state index contributed by atoms with van der Waals surface area (Å²) in [4.78, 5) is 0. The Hall–Kier alpha value is -2.28. The van der Waals surface area contributed by atoms with Gasteiger partial charge in [-0.3, -0.25) is 0 Å². The predicted molar refractivity (Wildman–Crippen MR) is 260 cm³/mol. The second kappa shape index (κ2) is 15.6. The highest BCUT2D eigenvalue weighted by Crippen LogP contribution is 2.54. The van der Waals surface area contributed by atoms with Crippen LogP contribution in [0.2, 0.25) is 26.2 Å². The molecule has 4 aromatic rings. The molecule has 1 aromatic heterocycles. The zero-order chi connectivity index (χ0) is 42.8. The van der Waals surface area contributed by atoms with Crippen LogP contribution in [-0.2, 0) is 10.2 Å². The van der Waals surface area contributed by atoms with E-state index in [-0.39, 0.29) is 37.3 Å². The van der Waals surface area contributed by atoms with Crippen LogP contribution in [0.15, 0.2) is 54.6 Å². The Morgan fingerprint density at radius 3 is 1.70 bits per heavy atom. The zero-order valence-corrected chi connectivity index (χ0v) is 42.2. The van der Waals surface area contributed by atoms with Crippen LogP contribution in [-0.4, -0.2) is 40.9 Å². The second-order valence-corrected chi connectivity index (χ2v) is 35.9. The molecular weight excluding hydrogens is 726 g/mol. The minimum absolute atomic E-state index is 0.0351. The smallest absolute Gasteiger partial charge is 0.199 e. The molecule has 1 saturated heterocycles. The van der Waals surface area contributed by atoms with Crippen molar-refractivity contribution in [3.8, 4) is 11.4 Å². The molecule has 57 heavy (non-hydrogen) atoms. The highest BCUT2D eigenvalue weighted by atomic mass is 28.3. The Morgan fingerprint density at radius 2 is 1.23 bits per heavy atom. The van der Waals surface area contributed by atoms with Gasteiger partial charge in [0.1, 0.15) is 13.2 Å². The molecule has 0 aliphatic carbocycles. The average molecular weight is 808 g/mol. The third kappa shape index (κ3) is 8.54. The van der Waals surface area contributed by atoms with Gasteiger partial charge in [-0.05, 0) is 80.1 Å². The third-order valence-corrected chi connectivity index (χ3v) is 29.6. The SMILES string of the molecule is B[Si](c1ccc2c3ccc([Si](CCCC)(C(C)(C)C)C(C)(C)C)cc3n(-c3cc(C(C)(C)CC(C)(C)C)ccc3OC3CCCCO3)c2c1)(C(C)(C)C)C(C)(C)C. The molecule has 314 valence electrons. The van der Waals surface area contributed by atoms with E-state index in [2.05, 4.69) is 191 Å². The van der Waals surface area contributed by atoms with E-state index >= 15 is 0 Å². The molecule has 0 bridgehead atoms. The molecule has 0 spiro atoms. The van der Waals surface area contributed by atoms with Gasteiger partial charge in [0, 0.05) is 17.2 Å². The Bertz CT molecular complexity index is 2010. The number of aromatic nitrogens is 1. The van der Waals surface area contributed by atoms with Gasteiger partial charge in [0.15, 0.2) is 6.29 Å². The summed E-state index contributed by atoms with van der Waals surface area (Å²) in [6.07, 6.45) is 6.47. The fraction of sp³-hybridized carbons (Fsp3) is 0.647. The van der Waals surface area contributed by atoms with Crippen LogP contribution in [0, 0.1) is 5.41 Å². The lowest BCUT2D eigenvalue weighted by molar-refractivity contribution is -0.105. The molecule has 3 aromatic carbocycles. The van der Waals surface area contributed by atoms with E-state index in [4.69, 9.17) is 9.47 Å². The molecule has 1 aliphatic heterocycles. The first kappa shape index (κ1) is 45.8. The summed E-state index contributed by atoms with van der Waals surface area (Å²) in [5, 5.41) is 6.44. The van der Waals surface area contributed by atoms with E-state index in [9.17, 15) is 0 Å². The summed E-state index contributed by atoms with van der Waals surface area (Å²) >= 11 is 0. The van der Waals surface area contributed by atoms with E-state index in [1.807, 2.05) is 0 Å². The van der Waals surface area contributed by atoms with E-state index in [0.29, 0.717) is 0 Å². The molecule has 0 N–H and O–H groups in total. The first-order valence-corrected chi connectivity index (χ1v) is 27.2. The minimum atomic E-state index is -2.15. The highest BCUT2D eigenvalue weighted by molar-refractivity contribution is 7.27. The lowest BCUT2D eigenvalue weighted by Gasteiger charge is -2.53. The van der Waals surface area contributed by atoms with Crippen molar-refractivity contribution >= 4 is 55.6 Å². The molecule has 0 radical (unpaired) electrons. The van der Waals surface area contributed by atoms with Crippen molar-refractivity contribution in [2.24, 2.45) is 5.41 Å². The lowest BCUT2D eigenvalue weighted by Crippen LogP contribution is -2.62. The maximum atomic E-state index is 7.02. The highest BCUT2D eigenvalue weighted by Gasteiger charge is 2.54. The van der Waals surface area contributed by atoms with Crippen LogP contribution >= 0.6 is 0 Å². The molecule has 1 atom stereocenters. The summed E-state index contributed by atoms with van der Waals surface area (Å²) < 4.78 is 15.9. The van der Waals surface area contributed by atoms with E-state index in [1.165, 1.54) is 51.4 Å².